The highest BCUT2D eigenvalue weighted by atomic mass is 32.1. The van der Waals surface area contributed by atoms with Crippen molar-refractivity contribution in [3.63, 3.8) is 0 Å². The van der Waals surface area contributed by atoms with Gasteiger partial charge in [0.05, 0.1) is 0 Å². The van der Waals surface area contributed by atoms with E-state index in [2.05, 4.69) is 21.9 Å². The molecule has 6 heteroatoms. The van der Waals surface area contributed by atoms with Crippen LogP contribution in [0.3, 0.4) is 0 Å². The van der Waals surface area contributed by atoms with Gasteiger partial charge in [-0.05, 0) is 43.1 Å². The molecule has 5 nitrogen and oxygen atoms in total. The maximum atomic E-state index is 12.3. The monoisotopic (exact) mass is 308 g/mol. The zero-order valence-electron chi connectivity index (χ0n) is 12.5. The van der Waals surface area contributed by atoms with E-state index < -0.39 is 0 Å². The predicted octanol–water partition coefficient (Wildman–Crippen LogP) is 3.00. The molecular formula is C15H24N4OS. The predicted molar refractivity (Wildman–Crippen MR) is 86.7 cm³/mol. The largest absolute Gasteiger partial charge is 0.382 e. The smallest absolute Gasteiger partial charge is 0.258 e. The first-order valence-electron chi connectivity index (χ1n) is 8.01. The molecular weight excluding hydrogens is 284 g/mol. The number of carbonyl (C=O) groups excluding carboxylic acids is 1. The fourth-order valence-electron chi connectivity index (χ4n) is 3.16. The molecule has 0 spiro atoms. The number of nitrogens with zero attached hydrogens (tertiary/aromatic N) is 1. The van der Waals surface area contributed by atoms with Gasteiger partial charge in [0.1, 0.15) is 10.6 Å². The normalized spacial score (nSPS) is 25.6. The lowest BCUT2D eigenvalue weighted by Crippen LogP contribution is -2.33. The molecule has 2 atom stereocenters. The van der Waals surface area contributed by atoms with E-state index >= 15 is 0 Å². The standard InChI is InChI=1S/C15H24N4OS/c1-2-9-5-3-4-6-11(9)18-15-12(13(16)19-21-15)14(20)17-10-7-8-10/h9-11,18H,2-8H2,1H3,(H2,16,19)(H,17,20). The maximum absolute atomic E-state index is 12.3. The second kappa shape index (κ2) is 6.22. The summed E-state index contributed by atoms with van der Waals surface area (Å²) in [5, 5.41) is 7.41. The van der Waals surface area contributed by atoms with Gasteiger partial charge in [-0.3, -0.25) is 4.79 Å². The van der Waals surface area contributed by atoms with Gasteiger partial charge in [0.15, 0.2) is 5.82 Å². The van der Waals surface area contributed by atoms with E-state index in [1.165, 1.54) is 43.6 Å². The quantitative estimate of drug-likeness (QED) is 0.781. The molecule has 0 aromatic carbocycles. The number of aromatic nitrogens is 1. The minimum atomic E-state index is -0.0740. The van der Waals surface area contributed by atoms with Crippen LogP contribution in [0.5, 0.6) is 0 Å². The minimum absolute atomic E-state index is 0.0740. The highest BCUT2D eigenvalue weighted by Gasteiger charge is 2.30. The Morgan fingerprint density at radius 2 is 2.10 bits per heavy atom. The highest BCUT2D eigenvalue weighted by Crippen LogP contribution is 2.34. The van der Waals surface area contributed by atoms with E-state index in [4.69, 9.17) is 5.73 Å². The number of rotatable bonds is 5. The van der Waals surface area contributed by atoms with Crippen LogP contribution in [0.25, 0.3) is 0 Å². The third-order valence-electron chi connectivity index (χ3n) is 4.61. The molecule has 116 valence electrons. The van der Waals surface area contributed by atoms with Crippen molar-refractivity contribution in [1.82, 2.24) is 9.69 Å². The van der Waals surface area contributed by atoms with E-state index in [1.807, 2.05) is 0 Å². The highest BCUT2D eigenvalue weighted by molar-refractivity contribution is 7.11. The summed E-state index contributed by atoms with van der Waals surface area (Å²) in [4.78, 5) is 12.3. The lowest BCUT2D eigenvalue weighted by molar-refractivity contribution is 0.0953. The fraction of sp³-hybridized carbons (Fsp3) is 0.733. The number of nitrogens with two attached hydrogens (primary N) is 1. The fourth-order valence-corrected chi connectivity index (χ4v) is 3.93. The Bertz CT molecular complexity index is 512. The van der Waals surface area contributed by atoms with Gasteiger partial charge in [-0.15, -0.1) is 0 Å². The molecule has 21 heavy (non-hydrogen) atoms. The van der Waals surface area contributed by atoms with Gasteiger partial charge in [0.25, 0.3) is 5.91 Å². The van der Waals surface area contributed by atoms with Crippen LogP contribution in [0.4, 0.5) is 10.8 Å². The third kappa shape index (κ3) is 3.31. The molecule has 0 bridgehead atoms. The van der Waals surface area contributed by atoms with Crippen LogP contribution in [0.1, 0.15) is 62.2 Å². The van der Waals surface area contributed by atoms with E-state index in [1.54, 1.807) is 0 Å². The first kappa shape index (κ1) is 14.6. The van der Waals surface area contributed by atoms with Gasteiger partial charge < -0.3 is 16.4 Å². The van der Waals surface area contributed by atoms with Crippen LogP contribution >= 0.6 is 11.5 Å². The van der Waals surface area contributed by atoms with Crippen molar-refractivity contribution in [2.75, 3.05) is 11.1 Å². The van der Waals surface area contributed by atoms with Gasteiger partial charge in [0.2, 0.25) is 0 Å². The Morgan fingerprint density at radius 1 is 1.33 bits per heavy atom. The summed E-state index contributed by atoms with van der Waals surface area (Å²) in [5.41, 5.74) is 6.46. The molecule has 3 rings (SSSR count). The van der Waals surface area contributed by atoms with Gasteiger partial charge in [-0.1, -0.05) is 26.2 Å². The average molecular weight is 308 g/mol. The van der Waals surface area contributed by atoms with Crippen molar-refractivity contribution >= 4 is 28.3 Å². The Balaban J connectivity index is 1.73. The van der Waals surface area contributed by atoms with Gasteiger partial charge in [-0.25, -0.2) is 0 Å². The van der Waals surface area contributed by atoms with Crippen molar-refractivity contribution in [2.45, 2.75) is 64.0 Å². The minimum Gasteiger partial charge on any atom is -0.382 e. The number of hydrogen-bond acceptors (Lipinski definition) is 5. The summed E-state index contributed by atoms with van der Waals surface area (Å²) >= 11 is 1.31. The summed E-state index contributed by atoms with van der Waals surface area (Å²) < 4.78 is 4.18. The van der Waals surface area contributed by atoms with E-state index in [0.717, 1.165) is 17.8 Å². The molecule has 2 aliphatic rings. The zero-order chi connectivity index (χ0) is 14.8. The SMILES string of the molecule is CCC1CCCCC1Nc1snc(N)c1C(=O)NC1CC1. The number of nitrogens with one attached hydrogen (secondary N) is 2. The van der Waals surface area contributed by atoms with Crippen molar-refractivity contribution in [3.8, 4) is 0 Å². The van der Waals surface area contributed by atoms with Gasteiger partial charge >= 0.3 is 0 Å². The third-order valence-corrected chi connectivity index (χ3v) is 5.40. The molecule has 0 aliphatic heterocycles. The van der Waals surface area contributed by atoms with E-state index in [9.17, 15) is 4.79 Å². The van der Waals surface area contributed by atoms with Crippen molar-refractivity contribution in [3.05, 3.63) is 5.56 Å². The molecule has 0 saturated heterocycles. The number of nitrogen functional groups attached to an aromatic ring is 1. The van der Waals surface area contributed by atoms with Crippen LogP contribution in [-0.2, 0) is 0 Å². The number of carbonyl (C=O) groups is 1. The molecule has 1 aromatic rings. The Morgan fingerprint density at radius 3 is 2.81 bits per heavy atom. The van der Waals surface area contributed by atoms with Gasteiger partial charge in [-0.2, -0.15) is 4.37 Å². The molecule has 1 amide bonds. The van der Waals surface area contributed by atoms with E-state index in [0.29, 0.717) is 29.4 Å². The average Bonchev–Trinajstić information content (AvgIpc) is 3.22. The number of anilines is 2. The van der Waals surface area contributed by atoms with E-state index in [-0.39, 0.29) is 5.91 Å². The molecule has 2 unspecified atom stereocenters. The van der Waals surface area contributed by atoms with Gasteiger partial charge in [0, 0.05) is 12.1 Å². The molecule has 2 fully saturated rings. The van der Waals surface area contributed by atoms with Crippen LogP contribution in [-0.4, -0.2) is 22.4 Å². The lowest BCUT2D eigenvalue weighted by atomic mass is 9.83. The molecule has 4 N–H and O–H groups in total. The van der Waals surface area contributed by atoms with Crippen LogP contribution in [0.2, 0.25) is 0 Å². The molecule has 1 heterocycles. The maximum Gasteiger partial charge on any atom is 0.258 e. The Kier molecular flexibility index (Phi) is 4.33. The first-order chi connectivity index (χ1) is 10.2. The van der Waals surface area contributed by atoms with Crippen LogP contribution < -0.4 is 16.4 Å². The summed E-state index contributed by atoms with van der Waals surface area (Å²) in [5.74, 6) is 0.959. The molecule has 2 aliphatic carbocycles. The number of amides is 1. The van der Waals surface area contributed by atoms with Crippen molar-refractivity contribution in [1.29, 1.82) is 0 Å². The molecule has 1 aromatic heterocycles. The summed E-state index contributed by atoms with van der Waals surface area (Å²) in [6.45, 7) is 2.24. The first-order valence-corrected chi connectivity index (χ1v) is 8.79. The van der Waals surface area contributed by atoms with Crippen LogP contribution in [0.15, 0.2) is 0 Å². The zero-order valence-corrected chi connectivity index (χ0v) is 13.3. The topological polar surface area (TPSA) is 80.0 Å². The molecule has 2 saturated carbocycles. The second-order valence-electron chi connectivity index (χ2n) is 6.22. The Labute approximate surface area is 129 Å². The van der Waals surface area contributed by atoms with Crippen molar-refractivity contribution in [2.24, 2.45) is 5.92 Å². The second-order valence-corrected chi connectivity index (χ2v) is 7.00. The lowest BCUT2D eigenvalue weighted by Gasteiger charge is -2.31. The molecule has 0 radical (unpaired) electrons. The van der Waals surface area contributed by atoms with Crippen LogP contribution in [0, 0.1) is 5.92 Å². The van der Waals surface area contributed by atoms with Crippen molar-refractivity contribution < 1.29 is 4.79 Å². The Hall–Kier alpha value is -1.30. The summed E-state index contributed by atoms with van der Waals surface area (Å²) in [7, 11) is 0. The number of hydrogen-bond donors (Lipinski definition) is 3. The summed E-state index contributed by atoms with van der Waals surface area (Å²) in [6, 6.07) is 0.777. The summed E-state index contributed by atoms with van der Waals surface area (Å²) in [6.07, 6.45) is 8.34.